The number of aromatic nitrogens is 6. The lowest BCUT2D eigenvalue weighted by Gasteiger charge is -2.22. The number of hydrogen-bond acceptors (Lipinski definition) is 8. The Balaban J connectivity index is 1.52. The van der Waals surface area contributed by atoms with Gasteiger partial charge in [-0.15, -0.1) is 0 Å². The third kappa shape index (κ3) is 3.98. The number of nitrogens with zero attached hydrogens (tertiary/aromatic N) is 6. The van der Waals surface area contributed by atoms with Crippen LogP contribution in [0.15, 0.2) is 35.3 Å². The molecule has 4 N–H and O–H groups in total. The standard InChI is InChI=1S/C23H26BrN9O/c1-23(21(34)26-2)5-3-14(11-23)30-22-29-12-16-19(24)32-33(20(16)31-22)15-9-13(4-6-25)18-17(10-15)27-7-8-28-18/h7-10,12,14H,3-6,11,25H2,1-2H3,(H,26,34)(H,29,30,31)/t14-,23-/m1/s1. The number of amides is 1. The van der Waals surface area contributed by atoms with Gasteiger partial charge in [-0.1, -0.05) is 6.92 Å². The van der Waals surface area contributed by atoms with E-state index in [9.17, 15) is 4.79 Å². The van der Waals surface area contributed by atoms with E-state index in [1.807, 2.05) is 19.1 Å². The zero-order chi connectivity index (χ0) is 23.9. The highest BCUT2D eigenvalue weighted by atomic mass is 79.9. The van der Waals surface area contributed by atoms with Crippen molar-refractivity contribution in [2.45, 2.75) is 38.6 Å². The molecule has 11 heteroatoms. The van der Waals surface area contributed by atoms with Crippen LogP contribution in [0.2, 0.25) is 0 Å². The number of fused-ring (bicyclic) bond motifs is 2. The van der Waals surface area contributed by atoms with Gasteiger partial charge < -0.3 is 16.4 Å². The number of hydrogen-bond donors (Lipinski definition) is 3. The topological polar surface area (TPSA) is 137 Å². The minimum atomic E-state index is -0.382. The van der Waals surface area contributed by atoms with Gasteiger partial charge in [-0.25, -0.2) is 9.67 Å². The molecule has 10 nitrogen and oxygen atoms in total. The first-order valence-corrected chi connectivity index (χ1v) is 12.1. The largest absolute Gasteiger partial charge is 0.359 e. The Kier molecular flexibility index (Phi) is 5.90. The second-order valence-electron chi connectivity index (χ2n) is 8.92. The summed E-state index contributed by atoms with van der Waals surface area (Å²) in [6.07, 6.45) is 8.21. The summed E-state index contributed by atoms with van der Waals surface area (Å²) in [5.74, 6) is 0.581. The van der Waals surface area contributed by atoms with Gasteiger partial charge >= 0.3 is 0 Å². The number of nitrogens with two attached hydrogens (primary N) is 1. The summed E-state index contributed by atoms with van der Waals surface area (Å²) in [5, 5.41) is 11.7. The van der Waals surface area contributed by atoms with Crippen LogP contribution in [-0.4, -0.2) is 55.3 Å². The van der Waals surface area contributed by atoms with Gasteiger partial charge in [0.2, 0.25) is 11.9 Å². The highest BCUT2D eigenvalue weighted by Gasteiger charge is 2.41. The second-order valence-corrected chi connectivity index (χ2v) is 9.68. The predicted octanol–water partition coefficient (Wildman–Crippen LogP) is 2.74. The number of anilines is 1. The molecule has 1 fully saturated rings. The molecule has 176 valence electrons. The van der Waals surface area contributed by atoms with Crippen molar-refractivity contribution in [1.82, 2.24) is 35.0 Å². The van der Waals surface area contributed by atoms with E-state index in [2.05, 4.69) is 46.6 Å². The van der Waals surface area contributed by atoms with Crippen LogP contribution in [0.1, 0.15) is 31.7 Å². The van der Waals surface area contributed by atoms with Crippen LogP contribution in [0.4, 0.5) is 5.95 Å². The number of rotatable bonds is 6. The van der Waals surface area contributed by atoms with E-state index in [0.29, 0.717) is 29.2 Å². The normalized spacial score (nSPS) is 20.2. The van der Waals surface area contributed by atoms with Crippen LogP contribution in [0.5, 0.6) is 0 Å². The molecule has 1 aliphatic rings. The molecule has 0 bridgehead atoms. The summed E-state index contributed by atoms with van der Waals surface area (Å²) in [5.41, 5.74) is 9.57. The zero-order valence-electron chi connectivity index (χ0n) is 19.0. The Bertz CT molecular complexity index is 1390. The van der Waals surface area contributed by atoms with Gasteiger partial charge in [-0.05, 0) is 65.9 Å². The van der Waals surface area contributed by atoms with E-state index < -0.39 is 0 Å². The number of benzene rings is 1. The molecule has 2 atom stereocenters. The van der Waals surface area contributed by atoms with Crippen molar-refractivity contribution in [3.63, 3.8) is 0 Å². The van der Waals surface area contributed by atoms with Crippen LogP contribution >= 0.6 is 15.9 Å². The monoisotopic (exact) mass is 523 g/mol. The van der Waals surface area contributed by atoms with Crippen LogP contribution in [0, 0.1) is 5.41 Å². The Morgan fingerprint density at radius 1 is 1.29 bits per heavy atom. The van der Waals surface area contributed by atoms with E-state index in [1.54, 1.807) is 30.3 Å². The summed E-state index contributed by atoms with van der Waals surface area (Å²) in [4.78, 5) is 30.5. The summed E-state index contributed by atoms with van der Waals surface area (Å²) in [6.45, 7) is 2.51. The summed E-state index contributed by atoms with van der Waals surface area (Å²) >= 11 is 3.54. The van der Waals surface area contributed by atoms with Gasteiger partial charge in [0.1, 0.15) is 4.60 Å². The average molecular weight is 524 g/mol. The molecular formula is C23H26BrN9O. The first kappa shape index (κ1) is 22.6. The maximum atomic E-state index is 12.3. The van der Waals surface area contributed by atoms with Gasteiger partial charge in [-0.3, -0.25) is 14.8 Å². The molecule has 1 amide bonds. The Labute approximate surface area is 204 Å². The van der Waals surface area contributed by atoms with Crippen molar-refractivity contribution in [2.24, 2.45) is 11.1 Å². The Hall–Kier alpha value is -3.18. The van der Waals surface area contributed by atoms with Crippen LogP contribution in [0.25, 0.3) is 27.8 Å². The minimum Gasteiger partial charge on any atom is -0.359 e. The summed E-state index contributed by atoms with van der Waals surface area (Å²) in [7, 11) is 1.68. The van der Waals surface area contributed by atoms with Crippen molar-refractivity contribution >= 4 is 49.9 Å². The fourth-order valence-electron chi connectivity index (χ4n) is 4.77. The van der Waals surface area contributed by atoms with E-state index >= 15 is 0 Å². The predicted molar refractivity (Wildman–Crippen MR) is 134 cm³/mol. The lowest BCUT2D eigenvalue weighted by atomic mass is 9.87. The first-order chi connectivity index (χ1) is 16.4. The number of nitrogens with one attached hydrogen (secondary N) is 2. The smallest absolute Gasteiger partial charge is 0.225 e. The lowest BCUT2D eigenvalue weighted by Crippen LogP contribution is -2.35. The van der Waals surface area contributed by atoms with Gasteiger partial charge in [-0.2, -0.15) is 10.1 Å². The van der Waals surface area contributed by atoms with Gasteiger partial charge in [0.25, 0.3) is 0 Å². The van der Waals surface area contributed by atoms with Crippen LogP contribution < -0.4 is 16.4 Å². The molecule has 3 aromatic heterocycles. The average Bonchev–Trinajstić information content (AvgIpc) is 3.38. The molecule has 1 aliphatic carbocycles. The Morgan fingerprint density at radius 3 is 2.91 bits per heavy atom. The quantitative estimate of drug-likeness (QED) is 0.350. The summed E-state index contributed by atoms with van der Waals surface area (Å²) < 4.78 is 2.44. The molecule has 0 radical (unpaired) electrons. The van der Waals surface area contributed by atoms with Crippen molar-refractivity contribution in [2.75, 3.05) is 18.9 Å². The number of halogens is 1. The number of carbonyl (C=O) groups excluding carboxylic acids is 1. The molecular weight excluding hydrogens is 498 g/mol. The van der Waals surface area contributed by atoms with E-state index in [4.69, 9.17) is 10.7 Å². The van der Waals surface area contributed by atoms with Crippen molar-refractivity contribution in [1.29, 1.82) is 0 Å². The maximum Gasteiger partial charge on any atom is 0.225 e. The number of carbonyl (C=O) groups is 1. The highest BCUT2D eigenvalue weighted by Crippen LogP contribution is 2.39. The molecule has 0 saturated heterocycles. The fraction of sp³-hybridized carbons (Fsp3) is 0.391. The van der Waals surface area contributed by atoms with Gasteiger partial charge in [0.05, 0.1) is 22.1 Å². The molecule has 4 aromatic rings. The minimum absolute atomic E-state index is 0.0721. The molecule has 5 rings (SSSR count). The zero-order valence-corrected chi connectivity index (χ0v) is 20.6. The summed E-state index contributed by atoms with van der Waals surface area (Å²) in [6, 6.07) is 4.10. The third-order valence-electron chi connectivity index (χ3n) is 6.52. The third-order valence-corrected chi connectivity index (χ3v) is 7.11. The second kappa shape index (κ2) is 8.88. The molecule has 0 unspecified atom stereocenters. The Morgan fingerprint density at radius 2 is 2.12 bits per heavy atom. The molecule has 0 aliphatic heterocycles. The molecule has 34 heavy (non-hydrogen) atoms. The van der Waals surface area contributed by atoms with Crippen LogP contribution in [-0.2, 0) is 11.2 Å². The lowest BCUT2D eigenvalue weighted by molar-refractivity contribution is -0.129. The van der Waals surface area contributed by atoms with E-state index in [-0.39, 0.29) is 17.4 Å². The first-order valence-electron chi connectivity index (χ1n) is 11.3. The molecule has 3 heterocycles. The SMILES string of the molecule is CNC(=O)[C@]1(C)CC[C@@H](Nc2ncc3c(Br)nn(-c4cc(CCN)c5nccnc5c4)c3n2)C1. The van der Waals surface area contributed by atoms with Crippen LogP contribution in [0.3, 0.4) is 0 Å². The van der Waals surface area contributed by atoms with Crippen molar-refractivity contribution in [3.8, 4) is 5.69 Å². The maximum absolute atomic E-state index is 12.3. The molecule has 1 saturated carbocycles. The fourth-order valence-corrected chi connectivity index (χ4v) is 5.21. The van der Waals surface area contributed by atoms with Crippen molar-refractivity contribution in [3.05, 3.63) is 40.9 Å². The van der Waals surface area contributed by atoms with E-state index in [0.717, 1.165) is 46.9 Å². The van der Waals surface area contributed by atoms with Crippen molar-refractivity contribution < 1.29 is 4.79 Å². The highest BCUT2D eigenvalue weighted by molar-refractivity contribution is 9.10. The van der Waals surface area contributed by atoms with Gasteiger partial charge in [0.15, 0.2) is 5.65 Å². The molecule has 1 aromatic carbocycles. The molecule has 0 spiro atoms. The van der Waals surface area contributed by atoms with E-state index in [1.165, 1.54) is 0 Å². The van der Waals surface area contributed by atoms with Gasteiger partial charge in [0, 0.05) is 37.1 Å².